The molecule has 0 aliphatic rings. The largest absolute Gasteiger partial charge is 0.472 e. The minimum Gasteiger partial charge on any atom is -0.462 e. The van der Waals surface area contributed by atoms with Gasteiger partial charge >= 0.3 is 39.5 Å². The van der Waals surface area contributed by atoms with Crippen molar-refractivity contribution in [3.05, 3.63) is 0 Å². The van der Waals surface area contributed by atoms with Crippen LogP contribution in [-0.4, -0.2) is 96.7 Å². The van der Waals surface area contributed by atoms with E-state index in [-0.39, 0.29) is 25.7 Å². The fourth-order valence-corrected chi connectivity index (χ4v) is 15.2. The molecule has 0 heterocycles. The van der Waals surface area contributed by atoms with Crippen LogP contribution in [0.4, 0.5) is 0 Å². The summed E-state index contributed by atoms with van der Waals surface area (Å²) in [6.45, 7) is 14.4. The second-order valence-electron chi connectivity index (χ2n) is 33.1. The second kappa shape index (κ2) is 76.7. The summed E-state index contributed by atoms with van der Waals surface area (Å²) in [4.78, 5) is 73.3. The zero-order valence-corrected chi connectivity index (χ0v) is 72.6. The summed E-state index contributed by atoms with van der Waals surface area (Å²) < 4.78 is 68.9. The minimum atomic E-state index is -4.97. The molecule has 0 aliphatic carbocycles. The number of aliphatic hydroxyl groups is 1. The summed E-state index contributed by atoms with van der Waals surface area (Å²) in [6.07, 6.45) is 66.7. The van der Waals surface area contributed by atoms with E-state index in [0.717, 1.165) is 120 Å². The molecule has 4 unspecified atom stereocenters. The van der Waals surface area contributed by atoms with Crippen LogP contribution in [0, 0.1) is 23.7 Å². The van der Waals surface area contributed by atoms with Crippen molar-refractivity contribution in [2.24, 2.45) is 23.7 Å². The number of esters is 4. The Balaban J connectivity index is 5.21. The number of carbonyl (C=O) groups excluding carboxylic acids is 4. The fourth-order valence-electron chi connectivity index (χ4n) is 13.6. The van der Waals surface area contributed by atoms with Gasteiger partial charge in [-0.05, 0) is 49.4 Å². The first kappa shape index (κ1) is 105. The monoisotopic (exact) mass is 1560 g/mol. The molecule has 636 valence electrons. The summed E-state index contributed by atoms with van der Waals surface area (Å²) in [7, 11) is -9.93. The molecule has 0 spiro atoms. The van der Waals surface area contributed by atoms with E-state index in [0.29, 0.717) is 25.7 Å². The van der Waals surface area contributed by atoms with E-state index in [2.05, 4.69) is 55.4 Å². The number of phosphoric acid groups is 2. The Morgan fingerprint density at radius 2 is 0.449 bits per heavy atom. The lowest BCUT2D eigenvalue weighted by Gasteiger charge is -2.21. The number of phosphoric ester groups is 2. The van der Waals surface area contributed by atoms with Gasteiger partial charge in [-0.15, -0.1) is 0 Å². The molecule has 0 fully saturated rings. The van der Waals surface area contributed by atoms with Crippen LogP contribution in [0.25, 0.3) is 0 Å². The van der Waals surface area contributed by atoms with Crippen molar-refractivity contribution < 1.29 is 80.2 Å². The highest BCUT2D eigenvalue weighted by Crippen LogP contribution is 2.45. The Morgan fingerprint density at radius 3 is 0.664 bits per heavy atom. The van der Waals surface area contributed by atoms with Crippen molar-refractivity contribution in [1.82, 2.24) is 0 Å². The van der Waals surface area contributed by atoms with Gasteiger partial charge in [-0.3, -0.25) is 37.3 Å². The van der Waals surface area contributed by atoms with E-state index in [4.69, 9.17) is 37.0 Å². The number of aliphatic hydroxyl groups excluding tert-OH is 1. The molecule has 19 heteroatoms. The third-order valence-corrected chi connectivity index (χ3v) is 23.2. The van der Waals surface area contributed by atoms with Gasteiger partial charge in [-0.1, -0.05) is 409 Å². The summed E-state index contributed by atoms with van der Waals surface area (Å²) in [5, 5.41) is 10.7. The maximum Gasteiger partial charge on any atom is 0.472 e. The fraction of sp³-hybridized carbons (Fsp3) is 0.955. The molecule has 107 heavy (non-hydrogen) atoms. The molecule has 0 amide bonds. The van der Waals surface area contributed by atoms with Crippen molar-refractivity contribution in [3.63, 3.8) is 0 Å². The van der Waals surface area contributed by atoms with Gasteiger partial charge in [-0.25, -0.2) is 9.13 Å². The molecule has 0 rings (SSSR count). The Bertz CT molecular complexity index is 2080. The normalized spacial score (nSPS) is 14.4. The predicted octanol–water partition coefficient (Wildman–Crippen LogP) is 26.7. The maximum absolute atomic E-state index is 13.1. The van der Waals surface area contributed by atoms with Crippen molar-refractivity contribution in [2.45, 2.75) is 478 Å². The Hall–Kier alpha value is -1.94. The molecule has 3 N–H and O–H groups in total. The number of hydrogen-bond acceptors (Lipinski definition) is 15. The van der Waals surface area contributed by atoms with E-state index in [1.54, 1.807) is 0 Å². The lowest BCUT2D eigenvalue weighted by molar-refractivity contribution is -0.161. The third-order valence-electron chi connectivity index (χ3n) is 21.3. The van der Waals surface area contributed by atoms with Crippen molar-refractivity contribution in [2.75, 3.05) is 39.6 Å². The van der Waals surface area contributed by atoms with Crippen LogP contribution < -0.4 is 0 Å². The second-order valence-corrected chi connectivity index (χ2v) is 36.0. The molecule has 0 aromatic carbocycles. The summed E-state index contributed by atoms with van der Waals surface area (Å²) >= 11 is 0. The molecule has 0 saturated heterocycles. The summed E-state index contributed by atoms with van der Waals surface area (Å²) in [5.74, 6) is 1.10. The zero-order valence-electron chi connectivity index (χ0n) is 70.8. The van der Waals surface area contributed by atoms with Gasteiger partial charge in [-0.2, -0.15) is 0 Å². The molecular formula is C88H172O17P2. The Labute approximate surface area is 658 Å². The maximum atomic E-state index is 13.1. The van der Waals surface area contributed by atoms with E-state index in [1.807, 2.05) is 0 Å². The van der Waals surface area contributed by atoms with Gasteiger partial charge in [0.15, 0.2) is 12.2 Å². The first-order valence-corrected chi connectivity index (χ1v) is 48.3. The van der Waals surface area contributed by atoms with Gasteiger partial charge in [0.2, 0.25) is 0 Å². The molecule has 7 atom stereocenters. The molecular weight excluding hydrogens is 1390 g/mol. The number of ether oxygens (including phenoxy) is 4. The number of rotatable bonds is 85. The average molecular weight is 1560 g/mol. The van der Waals surface area contributed by atoms with Crippen LogP contribution >= 0.6 is 15.6 Å². The zero-order chi connectivity index (χ0) is 78.8. The highest BCUT2D eigenvalue weighted by molar-refractivity contribution is 7.47. The van der Waals surface area contributed by atoms with Crippen molar-refractivity contribution >= 4 is 39.5 Å². The smallest absolute Gasteiger partial charge is 0.462 e. The van der Waals surface area contributed by atoms with Gasteiger partial charge < -0.3 is 33.8 Å². The highest BCUT2D eigenvalue weighted by Gasteiger charge is 2.31. The molecule has 17 nitrogen and oxygen atoms in total. The lowest BCUT2D eigenvalue weighted by atomic mass is 9.99. The molecule has 0 saturated carbocycles. The van der Waals surface area contributed by atoms with E-state index in [1.165, 1.54) is 257 Å². The summed E-state index contributed by atoms with van der Waals surface area (Å²) in [5.41, 5.74) is 0. The minimum absolute atomic E-state index is 0.107. The molecule has 0 aliphatic heterocycles. The first-order chi connectivity index (χ1) is 51.7. The number of unbranched alkanes of at least 4 members (excludes halogenated alkanes) is 49. The standard InChI is InChI=1S/C88H172O17P2/c1-9-80(7)66-58-50-42-36-30-24-17-13-11-12-14-18-26-32-38-44-54-62-71-88(93)105-84(75-99-86(91)69-61-53-47-46-51-59-67-81(8)10-2)77-103-107(96,97)101-73-82(89)72-100-106(94,95)102-76-83(104-87(92)70-63-55-45-39-33-27-21-20-23-29-35-41-49-57-65-79(5)6)74-98-85(90)68-60-52-43-37-31-25-19-15-16-22-28-34-40-48-56-64-78(3)4/h78-84,89H,9-77H2,1-8H3,(H,94,95)(H,96,97)/t80?,81?,82-,83-,84-/m1/s1. The van der Waals surface area contributed by atoms with Crippen LogP contribution in [0.2, 0.25) is 0 Å². The topological polar surface area (TPSA) is 237 Å². The number of hydrogen-bond donors (Lipinski definition) is 3. The highest BCUT2D eigenvalue weighted by atomic mass is 31.2. The molecule has 0 radical (unpaired) electrons. The van der Waals surface area contributed by atoms with Crippen LogP contribution in [0.1, 0.15) is 460 Å². The molecule has 0 aromatic rings. The summed E-state index contributed by atoms with van der Waals surface area (Å²) in [6, 6.07) is 0. The van der Waals surface area contributed by atoms with Gasteiger partial charge in [0.25, 0.3) is 0 Å². The van der Waals surface area contributed by atoms with Crippen molar-refractivity contribution in [1.29, 1.82) is 0 Å². The number of carbonyl (C=O) groups is 4. The van der Waals surface area contributed by atoms with Crippen LogP contribution in [-0.2, 0) is 65.4 Å². The van der Waals surface area contributed by atoms with E-state index < -0.39 is 97.5 Å². The molecule has 0 bridgehead atoms. The van der Waals surface area contributed by atoms with Crippen LogP contribution in [0.3, 0.4) is 0 Å². The Morgan fingerprint density at radius 1 is 0.262 bits per heavy atom. The third kappa shape index (κ3) is 79.1. The lowest BCUT2D eigenvalue weighted by Crippen LogP contribution is -2.30. The Kier molecular flexibility index (Phi) is 75.3. The van der Waals surface area contributed by atoms with Gasteiger partial charge in [0.05, 0.1) is 26.4 Å². The van der Waals surface area contributed by atoms with E-state index >= 15 is 0 Å². The van der Waals surface area contributed by atoms with Gasteiger partial charge in [0, 0.05) is 25.7 Å². The SMILES string of the molecule is CCC(C)CCCCCCCCCCCCCCCCCCCCC(=O)O[C@H](COC(=O)CCCCCCCCC(C)CC)COP(=O)(O)OC[C@H](O)COP(=O)(O)OC[C@@H](COC(=O)CCCCCCCCCCCCCCCCCC(C)C)OC(=O)CCCCCCCCCCCCCCCCC(C)C. The van der Waals surface area contributed by atoms with Crippen LogP contribution in [0.5, 0.6) is 0 Å². The quantitative estimate of drug-likeness (QED) is 0.0222. The predicted molar refractivity (Wildman–Crippen MR) is 441 cm³/mol. The average Bonchev–Trinajstić information content (AvgIpc) is 0.901. The molecule has 0 aromatic heterocycles. The van der Waals surface area contributed by atoms with E-state index in [9.17, 15) is 43.2 Å². The first-order valence-electron chi connectivity index (χ1n) is 45.3. The van der Waals surface area contributed by atoms with Crippen LogP contribution in [0.15, 0.2) is 0 Å². The van der Waals surface area contributed by atoms with Crippen molar-refractivity contribution in [3.8, 4) is 0 Å². The van der Waals surface area contributed by atoms with Gasteiger partial charge in [0.1, 0.15) is 19.3 Å².